The van der Waals surface area contributed by atoms with Crippen molar-refractivity contribution in [2.24, 2.45) is 0 Å². The summed E-state index contributed by atoms with van der Waals surface area (Å²) in [6.07, 6.45) is 1.35. The summed E-state index contributed by atoms with van der Waals surface area (Å²) >= 11 is 0. The van der Waals surface area contributed by atoms with Crippen molar-refractivity contribution >= 4 is 17.8 Å². The third kappa shape index (κ3) is 4.57. The minimum Gasteiger partial charge on any atom is -0.481 e. The molecule has 0 radical (unpaired) electrons. The molecule has 1 heterocycles. The van der Waals surface area contributed by atoms with Crippen molar-refractivity contribution in [2.75, 3.05) is 13.6 Å². The molecule has 1 saturated heterocycles. The van der Waals surface area contributed by atoms with E-state index in [0.717, 1.165) is 11.1 Å². The number of likely N-dealkylation sites (tertiary alicyclic amines) is 1. The first kappa shape index (κ1) is 18.0. The first-order valence-corrected chi connectivity index (χ1v) is 8.20. The van der Waals surface area contributed by atoms with Crippen LogP contribution in [0.4, 0.5) is 0 Å². The fourth-order valence-electron chi connectivity index (χ4n) is 2.91. The molecule has 1 atom stereocenters. The number of amides is 2. The lowest BCUT2D eigenvalue weighted by atomic mass is 10.1. The largest absolute Gasteiger partial charge is 0.481 e. The number of hydrogen-bond donors (Lipinski definition) is 1. The first-order chi connectivity index (χ1) is 11.4. The zero-order valence-electron chi connectivity index (χ0n) is 14.2. The predicted octanol–water partition coefficient (Wildman–Crippen LogP) is 1.81. The van der Waals surface area contributed by atoms with Gasteiger partial charge >= 0.3 is 5.97 Å². The molecular formula is C18H24N2O4. The zero-order valence-corrected chi connectivity index (χ0v) is 14.2. The maximum absolute atomic E-state index is 12.6. The Bertz CT molecular complexity index is 612. The summed E-state index contributed by atoms with van der Waals surface area (Å²) < 4.78 is 0. The van der Waals surface area contributed by atoms with Crippen LogP contribution in [0.15, 0.2) is 24.3 Å². The zero-order chi connectivity index (χ0) is 17.7. The highest BCUT2D eigenvalue weighted by Crippen LogP contribution is 2.23. The molecule has 1 N–H and O–H groups in total. The highest BCUT2D eigenvalue weighted by Gasteiger charge is 2.37. The molecule has 1 unspecified atom stereocenters. The fraction of sp³-hybridized carbons (Fsp3) is 0.500. The Labute approximate surface area is 142 Å². The normalized spacial score (nSPS) is 17.2. The summed E-state index contributed by atoms with van der Waals surface area (Å²) in [5.41, 5.74) is 2.15. The van der Waals surface area contributed by atoms with Gasteiger partial charge < -0.3 is 14.9 Å². The lowest BCUT2D eigenvalue weighted by Gasteiger charge is -2.28. The van der Waals surface area contributed by atoms with Gasteiger partial charge in [-0.25, -0.2) is 0 Å². The third-order valence-corrected chi connectivity index (χ3v) is 4.35. The topological polar surface area (TPSA) is 77.9 Å². The van der Waals surface area contributed by atoms with Gasteiger partial charge in [0.25, 0.3) is 0 Å². The summed E-state index contributed by atoms with van der Waals surface area (Å²) in [5.74, 6) is -0.987. The first-order valence-electron chi connectivity index (χ1n) is 8.20. The van der Waals surface area contributed by atoms with Crippen LogP contribution < -0.4 is 0 Å². The van der Waals surface area contributed by atoms with E-state index in [4.69, 9.17) is 5.11 Å². The molecule has 24 heavy (non-hydrogen) atoms. The summed E-state index contributed by atoms with van der Waals surface area (Å²) in [5, 5.41) is 8.68. The van der Waals surface area contributed by atoms with Gasteiger partial charge in [-0.3, -0.25) is 14.4 Å². The Kier molecular flexibility index (Phi) is 5.95. The highest BCUT2D eigenvalue weighted by molar-refractivity contribution is 5.90. The van der Waals surface area contributed by atoms with Crippen LogP contribution in [0, 0.1) is 6.92 Å². The standard InChI is InChI=1S/C18H24N2O4/c1-13-5-7-14(8-6-13)12-20-15(9-10-16(20)21)18(24)19(2)11-3-4-17(22)23/h5-8,15H,3-4,9-12H2,1-2H3,(H,22,23). The minimum absolute atomic E-state index is 0.00661. The van der Waals surface area contributed by atoms with Crippen molar-refractivity contribution in [1.29, 1.82) is 0 Å². The maximum atomic E-state index is 12.6. The smallest absolute Gasteiger partial charge is 0.303 e. The molecule has 130 valence electrons. The van der Waals surface area contributed by atoms with E-state index >= 15 is 0 Å². The van der Waals surface area contributed by atoms with Crippen LogP contribution in [-0.4, -0.2) is 52.3 Å². The second kappa shape index (κ2) is 7.95. The van der Waals surface area contributed by atoms with Crippen molar-refractivity contribution in [3.63, 3.8) is 0 Å². The maximum Gasteiger partial charge on any atom is 0.303 e. The molecule has 2 amide bonds. The quantitative estimate of drug-likeness (QED) is 0.826. The van der Waals surface area contributed by atoms with Gasteiger partial charge in [0.15, 0.2) is 0 Å². The van der Waals surface area contributed by atoms with Crippen LogP contribution in [0.2, 0.25) is 0 Å². The van der Waals surface area contributed by atoms with Crippen LogP contribution in [0.5, 0.6) is 0 Å². The number of hydrogen-bond acceptors (Lipinski definition) is 3. The molecule has 6 nitrogen and oxygen atoms in total. The predicted molar refractivity (Wildman–Crippen MR) is 89.3 cm³/mol. The van der Waals surface area contributed by atoms with E-state index in [1.165, 1.54) is 4.90 Å². The summed E-state index contributed by atoms with van der Waals surface area (Å²) in [7, 11) is 1.66. The van der Waals surface area contributed by atoms with Crippen molar-refractivity contribution < 1.29 is 19.5 Å². The van der Waals surface area contributed by atoms with Crippen LogP contribution in [0.1, 0.15) is 36.8 Å². The Morgan fingerprint density at radius 1 is 1.29 bits per heavy atom. The van der Waals surface area contributed by atoms with Gasteiger partial charge in [-0.1, -0.05) is 29.8 Å². The van der Waals surface area contributed by atoms with Gasteiger partial charge in [-0.2, -0.15) is 0 Å². The number of carbonyl (C=O) groups is 3. The molecule has 0 aliphatic carbocycles. The monoisotopic (exact) mass is 332 g/mol. The Morgan fingerprint density at radius 2 is 1.96 bits per heavy atom. The van der Waals surface area contributed by atoms with Crippen molar-refractivity contribution in [3.8, 4) is 0 Å². The molecule has 1 aromatic carbocycles. The molecule has 0 spiro atoms. The summed E-state index contributed by atoms with van der Waals surface area (Å²) in [6, 6.07) is 7.47. The second-order valence-corrected chi connectivity index (χ2v) is 6.32. The van der Waals surface area contributed by atoms with Crippen molar-refractivity contribution in [1.82, 2.24) is 9.80 Å². The van der Waals surface area contributed by atoms with Crippen LogP contribution in [0.3, 0.4) is 0 Å². The number of carboxylic acids is 1. The average Bonchev–Trinajstić information content (AvgIpc) is 2.89. The Balaban J connectivity index is 1.99. The molecule has 0 aromatic heterocycles. The van der Waals surface area contributed by atoms with Crippen LogP contribution in [-0.2, 0) is 20.9 Å². The van der Waals surface area contributed by atoms with Crippen molar-refractivity contribution in [3.05, 3.63) is 35.4 Å². The Morgan fingerprint density at radius 3 is 2.58 bits per heavy atom. The van der Waals surface area contributed by atoms with E-state index in [9.17, 15) is 14.4 Å². The molecule has 1 aromatic rings. The summed E-state index contributed by atoms with van der Waals surface area (Å²) in [6.45, 7) is 2.82. The third-order valence-electron chi connectivity index (χ3n) is 4.35. The van der Waals surface area contributed by atoms with E-state index in [2.05, 4.69) is 0 Å². The van der Waals surface area contributed by atoms with E-state index in [1.54, 1.807) is 11.9 Å². The van der Waals surface area contributed by atoms with Gasteiger partial charge in [0.05, 0.1) is 0 Å². The van der Waals surface area contributed by atoms with E-state index in [-0.39, 0.29) is 18.2 Å². The second-order valence-electron chi connectivity index (χ2n) is 6.32. The lowest BCUT2D eigenvalue weighted by Crippen LogP contribution is -2.45. The fourth-order valence-corrected chi connectivity index (χ4v) is 2.91. The number of likely N-dealkylation sites (N-methyl/N-ethyl adjacent to an activating group) is 1. The SMILES string of the molecule is Cc1ccc(CN2C(=O)CCC2C(=O)N(C)CCCC(=O)O)cc1. The lowest BCUT2D eigenvalue weighted by molar-refractivity contribution is -0.141. The number of aliphatic carboxylic acids is 1. The number of aryl methyl sites for hydroxylation is 1. The van der Waals surface area contributed by atoms with E-state index in [1.807, 2.05) is 31.2 Å². The van der Waals surface area contributed by atoms with Gasteiger partial charge in [-0.15, -0.1) is 0 Å². The number of nitrogens with zero attached hydrogens (tertiary/aromatic N) is 2. The van der Waals surface area contributed by atoms with Crippen molar-refractivity contribution in [2.45, 2.75) is 45.2 Å². The highest BCUT2D eigenvalue weighted by atomic mass is 16.4. The molecule has 6 heteroatoms. The Hall–Kier alpha value is -2.37. The molecule has 2 rings (SSSR count). The van der Waals surface area contributed by atoms with Gasteiger partial charge in [0.1, 0.15) is 6.04 Å². The number of carboxylic acid groups (broad SMARTS) is 1. The molecule has 0 saturated carbocycles. The van der Waals surface area contributed by atoms with E-state index in [0.29, 0.717) is 32.4 Å². The van der Waals surface area contributed by atoms with Crippen LogP contribution in [0.25, 0.3) is 0 Å². The number of rotatable bonds is 7. The average molecular weight is 332 g/mol. The van der Waals surface area contributed by atoms with E-state index < -0.39 is 12.0 Å². The summed E-state index contributed by atoms with van der Waals surface area (Å²) in [4.78, 5) is 38.5. The number of benzene rings is 1. The number of carbonyl (C=O) groups excluding carboxylic acids is 2. The van der Waals surface area contributed by atoms with Gasteiger partial charge in [0.2, 0.25) is 11.8 Å². The molecule has 1 fully saturated rings. The molecule has 0 bridgehead atoms. The minimum atomic E-state index is -0.868. The molecule has 1 aliphatic rings. The molecular weight excluding hydrogens is 308 g/mol. The van der Waals surface area contributed by atoms with Gasteiger partial charge in [0, 0.05) is 33.0 Å². The van der Waals surface area contributed by atoms with Gasteiger partial charge in [-0.05, 0) is 25.3 Å². The molecule has 1 aliphatic heterocycles. The van der Waals surface area contributed by atoms with Crippen LogP contribution >= 0.6 is 0 Å².